The van der Waals surface area contributed by atoms with E-state index in [1.807, 2.05) is 22.6 Å². The Balaban J connectivity index is 1.48. The van der Waals surface area contributed by atoms with Gasteiger partial charge in [0.05, 0.1) is 18.2 Å². The number of hydrogen-bond donors (Lipinski definition) is 14. The molecule has 0 aromatic heterocycles. The van der Waals surface area contributed by atoms with Crippen LogP contribution in [0.5, 0.6) is 5.75 Å². The van der Waals surface area contributed by atoms with Crippen LogP contribution in [0.3, 0.4) is 0 Å². The van der Waals surface area contributed by atoms with Crippen molar-refractivity contribution in [3.8, 4) is 5.75 Å². The number of primary amides is 3. The van der Waals surface area contributed by atoms with Gasteiger partial charge in [0.1, 0.15) is 54.1 Å². The lowest BCUT2D eigenvalue weighted by atomic mass is 9.85. The van der Waals surface area contributed by atoms with Gasteiger partial charge >= 0.3 is 0 Å². The maximum absolute atomic E-state index is 14.4. The number of carbonyl (C=O) groups excluding carboxylic acids is 11. The van der Waals surface area contributed by atoms with Crippen molar-refractivity contribution in [2.45, 2.75) is 176 Å². The highest BCUT2D eigenvalue weighted by Gasteiger charge is 2.42. The normalized spacial score (nSPS) is 17.6. The zero-order chi connectivity index (χ0) is 64.5. The van der Waals surface area contributed by atoms with E-state index in [2.05, 4.69) is 59.9 Å². The largest absolute Gasteiger partial charge is 0.508 e. The number of carbonyl (C=O) groups is 11. The molecule has 0 bridgehead atoms. The quantitative estimate of drug-likeness (QED) is 0.0145. The minimum absolute atomic E-state index is 0.0275. The lowest BCUT2D eigenvalue weighted by molar-refractivity contribution is -0.142. The molecule has 2 aliphatic rings. The topological polar surface area (TPSA) is 469 Å². The average molecular weight is 1360 g/mol. The highest BCUT2D eigenvalue weighted by molar-refractivity contribution is 14.1. The number of thioether (sulfide) groups is 1. The molecule has 2 fully saturated rings. The van der Waals surface area contributed by atoms with Crippen LogP contribution >= 0.6 is 47.0 Å². The van der Waals surface area contributed by atoms with Crippen LogP contribution in [0.2, 0.25) is 0 Å². The molecule has 1 saturated heterocycles. The van der Waals surface area contributed by atoms with Gasteiger partial charge in [-0.2, -0.15) is 24.4 Å². The van der Waals surface area contributed by atoms with Crippen molar-refractivity contribution in [3.63, 3.8) is 0 Å². The molecular formula is C56H82IN15O13S2. The van der Waals surface area contributed by atoms with Gasteiger partial charge in [0, 0.05) is 57.0 Å². The van der Waals surface area contributed by atoms with Crippen LogP contribution in [0.4, 0.5) is 5.69 Å². The Morgan fingerprint density at radius 2 is 1.37 bits per heavy atom. The van der Waals surface area contributed by atoms with E-state index < -0.39 is 137 Å². The maximum Gasteiger partial charge on any atom is 0.246 e. The maximum atomic E-state index is 14.4. The first-order valence-electron chi connectivity index (χ1n) is 28.8. The molecule has 17 N–H and O–H groups in total. The summed E-state index contributed by atoms with van der Waals surface area (Å²) in [5.41, 5.74) is 32.7. The summed E-state index contributed by atoms with van der Waals surface area (Å²) < 4.78 is 0.0678. The van der Waals surface area contributed by atoms with Crippen LogP contribution in [-0.2, 0) is 65.6 Å². The molecular weight excluding hydrogens is 1280 g/mol. The number of azide groups is 1. The number of benzene rings is 2. The van der Waals surface area contributed by atoms with E-state index in [0.29, 0.717) is 51.8 Å². The summed E-state index contributed by atoms with van der Waals surface area (Å²) >= 11 is 7.74. The summed E-state index contributed by atoms with van der Waals surface area (Å²) in [4.78, 5) is 153. The molecule has 11 amide bonds. The number of nitrogens with zero attached hydrogens (tertiary/aromatic N) is 4. The summed E-state index contributed by atoms with van der Waals surface area (Å²) in [7, 11) is 0. The van der Waals surface area contributed by atoms with Crippen molar-refractivity contribution in [3.05, 3.63) is 67.6 Å². The Labute approximate surface area is 528 Å². The third-order valence-corrected chi connectivity index (χ3v) is 18.0. The Morgan fingerprint density at radius 1 is 0.770 bits per heavy atom. The van der Waals surface area contributed by atoms with Crippen molar-refractivity contribution in [2.75, 3.05) is 24.6 Å². The average Bonchev–Trinajstić information content (AvgIpc) is 2.21. The first-order valence-corrected chi connectivity index (χ1v) is 31.5. The van der Waals surface area contributed by atoms with Gasteiger partial charge in [-0.1, -0.05) is 68.9 Å². The fraction of sp³-hybridized carbons (Fsp3) is 0.589. The molecule has 0 radical (unpaired) electrons. The molecule has 1 saturated carbocycles. The Hall–Kier alpha value is -6.93. The smallest absolute Gasteiger partial charge is 0.246 e. The molecule has 1 heterocycles. The molecule has 2 aromatic carbocycles. The van der Waals surface area contributed by atoms with Crippen LogP contribution in [0, 0.1) is 9.49 Å². The zero-order valence-electron chi connectivity index (χ0n) is 49.0. The summed E-state index contributed by atoms with van der Waals surface area (Å²) in [5, 5.41) is 42.6. The Kier molecular flexibility index (Phi) is 29.8. The van der Waals surface area contributed by atoms with E-state index in [4.69, 9.17) is 28.5 Å². The Bertz CT molecular complexity index is 2820. The number of halogens is 1. The van der Waals surface area contributed by atoms with Gasteiger partial charge in [-0.15, -0.1) is 0 Å². The number of aromatic hydroxyl groups is 1. The van der Waals surface area contributed by atoms with Crippen molar-refractivity contribution in [1.82, 2.24) is 42.1 Å². The number of aliphatic hydroxyl groups is 1. The number of nitrogens with one attached hydrogen (secondary N) is 7. The van der Waals surface area contributed by atoms with E-state index in [1.54, 1.807) is 44.2 Å². The lowest BCUT2D eigenvalue weighted by Gasteiger charge is -2.37. The van der Waals surface area contributed by atoms with Crippen molar-refractivity contribution in [2.24, 2.45) is 34.0 Å². The number of aliphatic hydroxyl groups excluding tert-OH is 1. The predicted octanol–water partition coefficient (Wildman–Crippen LogP) is 0.266. The second-order valence-corrected chi connectivity index (χ2v) is 25.0. The lowest BCUT2D eigenvalue weighted by Crippen LogP contribution is -2.63. The number of thiol groups is 1. The SMILES string of the molecule is CC[C@H](C)[C@H](NC(=O)[C@H](Cc1ccc(O)cc1)NC(=O)CC1(SCCC(N)=O)CCCCC1)C(=O)N[C@H](C(=O)N[C@@H](CC(N)=O)C(=O)N[C@@H](CS)C(=O)N1CCCC1C(=O)NC(CCCN)C(=O)NC(Cc1ccc(N=[N+]=[N-])c(I)c1)C(N)=O)[C@@H](C)O. The zero-order valence-corrected chi connectivity index (χ0v) is 52.8. The molecule has 10 atom stereocenters. The van der Waals surface area contributed by atoms with Gasteiger partial charge in [0.2, 0.25) is 65.0 Å². The third kappa shape index (κ3) is 22.9. The minimum Gasteiger partial charge on any atom is -0.508 e. The summed E-state index contributed by atoms with van der Waals surface area (Å²) in [5.74, 6) is -9.76. The Morgan fingerprint density at radius 3 is 1.95 bits per heavy atom. The molecule has 28 nitrogen and oxygen atoms in total. The molecule has 0 spiro atoms. The van der Waals surface area contributed by atoms with Crippen LogP contribution in [0.15, 0.2) is 47.6 Å². The van der Waals surface area contributed by atoms with Gasteiger partial charge in [0.25, 0.3) is 0 Å². The standard InChI is InChI=1S/C56H82IN15O13S2/c1-4-30(2)46(68-51(81)39(25-32-12-15-34(74)16-13-32)63-45(77)28-56(19-6-5-7-20-56)87-23-18-43(59)75)53(83)69-47(31(3)73)54(84)66-40(27-44(60)76)50(80)67-41(29-86)55(85)72-22-9-11-42(72)52(82)64-37(10-8-21-58)49(79)65-38(48(61)78)26-33-14-17-36(70-71-62)35(57)24-33/h12-17,24,30-31,37-42,46-47,73-74,86H,4-11,18-23,25-29,58H2,1-3H3,(H2,59,75)(H2,60,76)(H2,61,78)(H,63,77)(H,64,82)(H,65,79)(H,66,84)(H,67,80)(H,68,81)(H,69,83)/t30-,31+,37?,38?,39-,40-,41-,42?,46-,47-/m0/s1. The van der Waals surface area contributed by atoms with Crippen molar-refractivity contribution >= 4 is 118 Å². The minimum atomic E-state index is -1.83. The monoisotopic (exact) mass is 1360 g/mol. The molecule has 2 aromatic rings. The molecule has 87 heavy (non-hydrogen) atoms. The summed E-state index contributed by atoms with van der Waals surface area (Å²) in [6.07, 6.45) is 2.72. The van der Waals surface area contributed by atoms with E-state index in [9.17, 15) is 63.0 Å². The van der Waals surface area contributed by atoms with E-state index in [1.165, 1.54) is 35.7 Å². The number of likely N-dealkylation sites (tertiary alicyclic amines) is 1. The number of nitrogens with two attached hydrogens (primary N) is 4. The second-order valence-electron chi connectivity index (χ2n) is 21.9. The second kappa shape index (κ2) is 35.8. The molecule has 3 unspecified atom stereocenters. The number of phenols is 1. The van der Waals surface area contributed by atoms with Crippen molar-refractivity contribution < 1.29 is 63.0 Å². The fourth-order valence-electron chi connectivity index (χ4n) is 10.2. The van der Waals surface area contributed by atoms with Gasteiger partial charge in [0.15, 0.2) is 0 Å². The van der Waals surface area contributed by atoms with Gasteiger partial charge in [-0.25, -0.2) is 0 Å². The number of phenolic OH excluding ortho intramolecular Hbond substituents is 1. The van der Waals surface area contributed by atoms with Crippen molar-refractivity contribution in [1.29, 1.82) is 0 Å². The van der Waals surface area contributed by atoms with Gasteiger partial charge in [-0.3, -0.25) is 52.7 Å². The predicted molar refractivity (Wildman–Crippen MR) is 335 cm³/mol. The molecule has 1 aliphatic carbocycles. The summed E-state index contributed by atoms with van der Waals surface area (Å²) in [6, 6.07) is -0.620. The molecule has 31 heteroatoms. The number of hydrogen-bond acceptors (Lipinski definition) is 17. The third-order valence-electron chi connectivity index (χ3n) is 15.2. The first-order chi connectivity index (χ1) is 41.2. The number of rotatable bonds is 35. The molecule has 1 aliphatic heterocycles. The van der Waals surface area contributed by atoms with Crippen LogP contribution in [0.1, 0.15) is 115 Å². The van der Waals surface area contributed by atoms with Gasteiger partial charge in [-0.05, 0) is 115 Å². The first kappa shape index (κ1) is 72.5. The van der Waals surface area contributed by atoms with Gasteiger partial charge < -0.3 is 75.3 Å². The van der Waals surface area contributed by atoms with Crippen LogP contribution in [-0.4, -0.2) is 164 Å². The summed E-state index contributed by atoms with van der Waals surface area (Å²) in [6.45, 7) is 4.72. The van der Waals surface area contributed by atoms with E-state index in [0.717, 1.165) is 19.3 Å². The highest BCUT2D eigenvalue weighted by Crippen LogP contribution is 2.43. The van der Waals surface area contributed by atoms with Crippen LogP contribution in [0.25, 0.3) is 10.4 Å². The van der Waals surface area contributed by atoms with E-state index in [-0.39, 0.29) is 69.5 Å². The molecule has 478 valence electrons. The van der Waals surface area contributed by atoms with E-state index >= 15 is 0 Å². The van der Waals surface area contributed by atoms with Crippen LogP contribution < -0.4 is 60.2 Å². The highest BCUT2D eigenvalue weighted by atomic mass is 127. The fourth-order valence-corrected chi connectivity index (χ4v) is 12.7. The number of amides is 11. The molecule has 4 rings (SSSR count).